The molecule has 0 spiro atoms. The molecule has 21 heavy (non-hydrogen) atoms. The van der Waals surface area contributed by atoms with Crippen LogP contribution in [-0.2, 0) is 12.0 Å². The molecular formula is C17H32N4. The number of anilines is 1. The molecule has 1 aromatic heterocycles. The number of hydrogen-bond donors (Lipinski definition) is 1. The maximum Gasteiger partial charge on any atom is 0.129 e. The van der Waals surface area contributed by atoms with Crippen molar-refractivity contribution in [2.24, 2.45) is 5.73 Å². The Bertz CT molecular complexity index is 435. The van der Waals surface area contributed by atoms with Gasteiger partial charge in [-0.1, -0.05) is 27.7 Å². The highest BCUT2D eigenvalue weighted by molar-refractivity contribution is 5.44. The maximum atomic E-state index is 5.87. The van der Waals surface area contributed by atoms with Gasteiger partial charge in [0.05, 0.1) is 0 Å². The molecule has 1 rings (SSSR count). The third kappa shape index (κ3) is 5.64. The quantitative estimate of drug-likeness (QED) is 0.839. The van der Waals surface area contributed by atoms with Gasteiger partial charge in [-0.3, -0.25) is 0 Å². The van der Waals surface area contributed by atoms with Crippen LogP contribution in [0.4, 0.5) is 5.82 Å². The molecule has 0 saturated heterocycles. The van der Waals surface area contributed by atoms with Crippen LogP contribution < -0.4 is 10.6 Å². The van der Waals surface area contributed by atoms with Gasteiger partial charge in [0, 0.05) is 37.3 Å². The van der Waals surface area contributed by atoms with E-state index in [-0.39, 0.29) is 5.41 Å². The fourth-order valence-corrected chi connectivity index (χ4v) is 2.17. The molecule has 0 saturated carbocycles. The minimum Gasteiger partial charge on any atom is -0.355 e. The molecule has 0 aliphatic carbocycles. The molecule has 0 aliphatic rings. The number of hydrogen-bond acceptors (Lipinski definition) is 4. The Morgan fingerprint density at radius 1 is 1.10 bits per heavy atom. The molecule has 1 aromatic rings. The second-order valence-corrected chi connectivity index (χ2v) is 6.96. The van der Waals surface area contributed by atoms with E-state index >= 15 is 0 Å². The average Bonchev–Trinajstić information content (AvgIpc) is 2.41. The third-order valence-corrected chi connectivity index (χ3v) is 3.51. The summed E-state index contributed by atoms with van der Waals surface area (Å²) in [6.07, 6.45) is 1.12. The Balaban J connectivity index is 3.11. The molecule has 0 bridgehead atoms. The molecule has 0 unspecified atom stereocenters. The zero-order valence-corrected chi connectivity index (χ0v) is 14.6. The number of aromatic nitrogens is 1. The van der Waals surface area contributed by atoms with Crippen LogP contribution in [-0.4, -0.2) is 43.6 Å². The van der Waals surface area contributed by atoms with E-state index in [0.717, 1.165) is 43.1 Å². The fraction of sp³-hybridized carbons (Fsp3) is 0.706. The van der Waals surface area contributed by atoms with E-state index in [2.05, 4.69) is 63.7 Å². The Morgan fingerprint density at radius 3 is 2.24 bits per heavy atom. The van der Waals surface area contributed by atoms with Gasteiger partial charge in [0.1, 0.15) is 5.82 Å². The lowest BCUT2D eigenvalue weighted by Crippen LogP contribution is -2.33. The zero-order valence-electron chi connectivity index (χ0n) is 14.6. The highest BCUT2D eigenvalue weighted by atomic mass is 15.2. The van der Waals surface area contributed by atoms with Crippen molar-refractivity contribution in [1.82, 2.24) is 9.88 Å². The lowest BCUT2D eigenvalue weighted by Gasteiger charge is -2.28. The molecule has 0 amide bonds. The van der Waals surface area contributed by atoms with Gasteiger partial charge in [0.2, 0.25) is 0 Å². The van der Waals surface area contributed by atoms with Gasteiger partial charge in [-0.15, -0.1) is 0 Å². The highest BCUT2D eigenvalue weighted by Crippen LogP contribution is 2.25. The van der Waals surface area contributed by atoms with E-state index in [1.807, 2.05) is 0 Å². The van der Waals surface area contributed by atoms with Gasteiger partial charge in [-0.25, -0.2) is 4.98 Å². The lowest BCUT2D eigenvalue weighted by atomic mass is 9.90. The Hall–Kier alpha value is -1.13. The van der Waals surface area contributed by atoms with Gasteiger partial charge in [0.25, 0.3) is 0 Å². The number of nitrogens with zero attached hydrogens (tertiary/aromatic N) is 3. The molecule has 4 nitrogen and oxygen atoms in total. The van der Waals surface area contributed by atoms with Crippen LogP contribution in [0.15, 0.2) is 12.1 Å². The second kappa shape index (κ2) is 7.76. The normalized spacial score (nSPS) is 12.0. The summed E-state index contributed by atoms with van der Waals surface area (Å²) in [6, 6.07) is 4.28. The van der Waals surface area contributed by atoms with Crippen LogP contribution in [0.3, 0.4) is 0 Å². The first kappa shape index (κ1) is 17.9. The zero-order chi connectivity index (χ0) is 16.0. The molecule has 120 valence electrons. The van der Waals surface area contributed by atoms with Crippen LogP contribution >= 0.6 is 0 Å². The summed E-state index contributed by atoms with van der Waals surface area (Å²) in [5.74, 6) is 1.06. The minimum atomic E-state index is 0.0410. The summed E-state index contributed by atoms with van der Waals surface area (Å²) in [4.78, 5) is 9.48. The average molecular weight is 292 g/mol. The molecule has 0 aromatic carbocycles. The summed E-state index contributed by atoms with van der Waals surface area (Å²) in [5.41, 5.74) is 8.19. The van der Waals surface area contributed by atoms with E-state index in [1.54, 1.807) is 0 Å². The van der Waals surface area contributed by atoms with Crippen molar-refractivity contribution >= 4 is 5.82 Å². The Morgan fingerprint density at radius 2 is 1.76 bits per heavy atom. The largest absolute Gasteiger partial charge is 0.355 e. The molecular weight excluding hydrogens is 260 g/mol. The van der Waals surface area contributed by atoms with E-state index in [4.69, 9.17) is 10.7 Å². The van der Waals surface area contributed by atoms with Gasteiger partial charge < -0.3 is 15.5 Å². The van der Waals surface area contributed by atoms with Crippen molar-refractivity contribution in [3.05, 3.63) is 23.4 Å². The van der Waals surface area contributed by atoms with Gasteiger partial charge >= 0.3 is 0 Å². The number of rotatable bonds is 7. The summed E-state index contributed by atoms with van der Waals surface area (Å²) in [6.45, 7) is 12.4. The predicted molar refractivity (Wildman–Crippen MR) is 91.9 cm³/mol. The monoisotopic (exact) mass is 292 g/mol. The predicted octanol–water partition coefficient (Wildman–Crippen LogP) is 2.62. The van der Waals surface area contributed by atoms with E-state index in [1.165, 1.54) is 0 Å². The molecule has 2 N–H and O–H groups in total. The summed E-state index contributed by atoms with van der Waals surface area (Å²) in [5, 5.41) is 0. The van der Waals surface area contributed by atoms with Crippen molar-refractivity contribution in [1.29, 1.82) is 0 Å². The lowest BCUT2D eigenvalue weighted by molar-refractivity contribution is 0.412. The molecule has 0 atom stereocenters. The fourth-order valence-electron chi connectivity index (χ4n) is 2.17. The number of nitrogens with two attached hydrogens (primary N) is 1. The molecule has 1 heterocycles. The van der Waals surface area contributed by atoms with Crippen molar-refractivity contribution in [2.75, 3.05) is 38.6 Å². The molecule has 0 aliphatic heterocycles. The van der Waals surface area contributed by atoms with Gasteiger partial charge in [-0.2, -0.15) is 0 Å². The van der Waals surface area contributed by atoms with E-state index < -0.39 is 0 Å². The van der Waals surface area contributed by atoms with Crippen LogP contribution in [0.1, 0.15) is 45.4 Å². The number of likely N-dealkylation sites (N-methyl/N-ethyl adjacent to an activating group) is 1. The second-order valence-electron chi connectivity index (χ2n) is 6.96. The first-order valence-corrected chi connectivity index (χ1v) is 7.89. The number of pyridine rings is 1. The summed E-state index contributed by atoms with van der Waals surface area (Å²) in [7, 11) is 4.21. The van der Waals surface area contributed by atoms with Crippen LogP contribution in [0, 0.1) is 0 Å². The Labute approximate surface area is 130 Å². The van der Waals surface area contributed by atoms with Crippen molar-refractivity contribution in [3.8, 4) is 0 Å². The maximum absolute atomic E-state index is 5.87. The van der Waals surface area contributed by atoms with Crippen molar-refractivity contribution < 1.29 is 0 Å². The van der Waals surface area contributed by atoms with Crippen LogP contribution in [0.5, 0.6) is 0 Å². The van der Waals surface area contributed by atoms with Gasteiger partial charge in [0.15, 0.2) is 0 Å². The van der Waals surface area contributed by atoms with Gasteiger partial charge in [-0.05, 0) is 38.2 Å². The topological polar surface area (TPSA) is 45.4 Å². The van der Waals surface area contributed by atoms with Crippen molar-refractivity contribution in [2.45, 2.75) is 46.1 Å². The first-order valence-electron chi connectivity index (χ1n) is 7.89. The van der Waals surface area contributed by atoms with E-state index in [9.17, 15) is 0 Å². The Kier molecular flexibility index (Phi) is 6.62. The molecule has 0 fully saturated rings. The van der Waals surface area contributed by atoms with Crippen molar-refractivity contribution in [3.63, 3.8) is 0 Å². The molecule has 0 radical (unpaired) electrons. The van der Waals surface area contributed by atoms with E-state index in [0.29, 0.717) is 6.54 Å². The van der Waals surface area contributed by atoms with Crippen LogP contribution in [0.25, 0.3) is 0 Å². The summed E-state index contributed by atoms with van der Waals surface area (Å²) < 4.78 is 0. The summed E-state index contributed by atoms with van der Waals surface area (Å²) >= 11 is 0. The smallest absolute Gasteiger partial charge is 0.129 e. The first-order chi connectivity index (χ1) is 9.77. The minimum absolute atomic E-state index is 0.0410. The third-order valence-electron chi connectivity index (χ3n) is 3.51. The van der Waals surface area contributed by atoms with Crippen LogP contribution in [0.2, 0.25) is 0 Å². The molecule has 4 heteroatoms. The SMILES string of the molecule is CCCN(CCN(C)C)c1cc(CN)cc(C(C)(C)C)n1. The highest BCUT2D eigenvalue weighted by Gasteiger charge is 2.18. The standard InChI is InChI=1S/C17H32N4/c1-7-8-21(10-9-20(5)6)16-12-14(13-18)11-15(19-16)17(2,3)4/h11-12H,7-10,13,18H2,1-6H3.